The molecule has 2 N–H and O–H groups in total. The molecule has 0 heterocycles. The molecule has 0 aliphatic heterocycles. The van der Waals surface area contributed by atoms with Gasteiger partial charge in [-0.05, 0) is 41.9 Å². The van der Waals surface area contributed by atoms with E-state index in [9.17, 15) is 21.6 Å². The Balaban J connectivity index is 2.86. The first kappa shape index (κ1) is 18.6. The molecule has 0 aliphatic carbocycles. The van der Waals surface area contributed by atoms with Crippen LogP contribution in [-0.4, -0.2) is 31.3 Å². The van der Waals surface area contributed by atoms with Gasteiger partial charge in [0.2, 0.25) is 10.0 Å². The van der Waals surface area contributed by atoms with Crippen molar-refractivity contribution >= 4 is 33.4 Å². The van der Waals surface area contributed by atoms with Gasteiger partial charge in [0.05, 0.1) is 11.5 Å². The predicted molar refractivity (Wildman–Crippen MR) is 75.8 cm³/mol. The third-order valence-electron chi connectivity index (χ3n) is 2.55. The van der Waals surface area contributed by atoms with Gasteiger partial charge >= 0.3 is 5.51 Å². The van der Waals surface area contributed by atoms with Gasteiger partial charge in [0.1, 0.15) is 0 Å². The van der Waals surface area contributed by atoms with Gasteiger partial charge in [-0.1, -0.05) is 11.6 Å². The summed E-state index contributed by atoms with van der Waals surface area (Å²) in [5, 5.41) is 9.25. The molecule has 0 aliphatic rings. The van der Waals surface area contributed by atoms with E-state index in [0.717, 1.165) is 0 Å². The van der Waals surface area contributed by atoms with Crippen LogP contribution in [0, 0.1) is 6.92 Å². The van der Waals surface area contributed by atoms with Crippen LogP contribution in [0.1, 0.15) is 11.1 Å². The van der Waals surface area contributed by atoms with Crippen molar-refractivity contribution in [2.45, 2.75) is 23.9 Å². The van der Waals surface area contributed by atoms with E-state index in [2.05, 4.69) is 4.72 Å². The van der Waals surface area contributed by atoms with Crippen molar-refractivity contribution in [2.75, 3.05) is 12.3 Å². The van der Waals surface area contributed by atoms with E-state index >= 15 is 0 Å². The van der Waals surface area contributed by atoms with Gasteiger partial charge in [-0.15, -0.1) is 0 Å². The zero-order valence-corrected chi connectivity index (χ0v) is 13.3. The number of hydrogen-bond donors (Lipinski definition) is 2. The summed E-state index contributed by atoms with van der Waals surface area (Å²) in [6, 6.07) is 2.62. The van der Waals surface area contributed by atoms with E-state index in [-0.39, 0.29) is 28.2 Å². The van der Waals surface area contributed by atoms with Crippen LogP contribution in [-0.2, 0) is 16.6 Å². The van der Waals surface area contributed by atoms with Crippen molar-refractivity contribution in [3.05, 3.63) is 28.3 Å². The number of thioether (sulfide) groups is 1. The number of rotatable bonds is 6. The highest BCUT2D eigenvalue weighted by Crippen LogP contribution is 2.29. The number of sulfonamides is 1. The fourth-order valence-corrected chi connectivity index (χ4v) is 3.78. The third kappa shape index (κ3) is 5.67. The second kappa shape index (κ2) is 7.19. The van der Waals surface area contributed by atoms with E-state index in [0.29, 0.717) is 11.1 Å². The van der Waals surface area contributed by atoms with E-state index in [1.807, 2.05) is 0 Å². The highest BCUT2D eigenvalue weighted by Gasteiger charge is 2.28. The largest absolute Gasteiger partial charge is 0.441 e. The number of nitrogens with one attached hydrogen (secondary N) is 1. The Morgan fingerprint density at radius 3 is 2.52 bits per heavy atom. The zero-order chi connectivity index (χ0) is 16.3. The van der Waals surface area contributed by atoms with E-state index in [4.69, 9.17) is 16.7 Å². The second-order valence-corrected chi connectivity index (χ2v) is 7.37. The lowest BCUT2D eigenvalue weighted by Crippen LogP contribution is -2.27. The highest BCUT2D eigenvalue weighted by molar-refractivity contribution is 8.00. The molecule has 0 saturated heterocycles. The molecule has 0 aromatic heterocycles. The normalized spacial score (nSPS) is 12.7. The minimum atomic E-state index is -4.40. The van der Waals surface area contributed by atoms with Crippen molar-refractivity contribution < 1.29 is 26.7 Å². The number of aliphatic hydroxyl groups is 1. The molecule has 0 bridgehead atoms. The van der Waals surface area contributed by atoms with Crippen LogP contribution in [0.5, 0.6) is 0 Å². The highest BCUT2D eigenvalue weighted by atomic mass is 35.5. The minimum Gasteiger partial charge on any atom is -0.392 e. The fourth-order valence-electron chi connectivity index (χ4n) is 1.57. The summed E-state index contributed by atoms with van der Waals surface area (Å²) in [5.41, 5.74) is -3.76. The van der Waals surface area contributed by atoms with Gasteiger partial charge in [-0.3, -0.25) is 0 Å². The molecule has 120 valence electrons. The predicted octanol–water partition coefficient (Wildman–Crippen LogP) is 2.67. The maximum Gasteiger partial charge on any atom is 0.441 e. The van der Waals surface area contributed by atoms with E-state index in [1.165, 1.54) is 19.1 Å². The SMILES string of the molecule is Cc1c(CO)cc(Cl)cc1S(=O)(=O)NCCSC(F)(F)F. The first-order chi connectivity index (χ1) is 9.57. The maximum atomic E-state index is 12.1. The van der Waals surface area contributed by atoms with Crippen LogP contribution in [0.2, 0.25) is 5.02 Å². The second-order valence-electron chi connectivity index (χ2n) is 4.04. The van der Waals surface area contributed by atoms with Gasteiger partial charge < -0.3 is 5.11 Å². The number of benzene rings is 1. The lowest BCUT2D eigenvalue weighted by Gasteiger charge is -2.13. The molecule has 0 spiro atoms. The number of alkyl halides is 3. The van der Waals surface area contributed by atoms with Crippen LogP contribution in [0.15, 0.2) is 17.0 Å². The summed E-state index contributed by atoms with van der Waals surface area (Å²) in [5.74, 6) is -0.435. The molecule has 0 saturated carbocycles. The zero-order valence-electron chi connectivity index (χ0n) is 10.9. The minimum absolute atomic E-state index is 0.120. The van der Waals surface area contributed by atoms with Crippen LogP contribution in [0.25, 0.3) is 0 Å². The molecule has 0 atom stereocenters. The smallest absolute Gasteiger partial charge is 0.392 e. The van der Waals surface area contributed by atoms with Crippen LogP contribution in [0.3, 0.4) is 0 Å². The molecule has 4 nitrogen and oxygen atoms in total. The monoisotopic (exact) mass is 363 g/mol. The Bertz CT molecular complexity index is 605. The fraction of sp³-hybridized carbons (Fsp3) is 0.455. The van der Waals surface area contributed by atoms with Crippen molar-refractivity contribution in [3.8, 4) is 0 Å². The molecule has 1 aromatic carbocycles. The first-order valence-electron chi connectivity index (χ1n) is 5.67. The standard InChI is InChI=1S/C11H13ClF3NO3S2/c1-7-8(6-17)4-9(12)5-10(7)21(18,19)16-2-3-20-11(13,14)15/h4-5,16-17H,2-3,6H2,1H3. The Kier molecular flexibility index (Phi) is 6.36. The summed E-state index contributed by atoms with van der Waals surface area (Å²) < 4.78 is 62.1. The molecule has 1 aromatic rings. The van der Waals surface area contributed by atoms with E-state index in [1.54, 1.807) is 0 Å². The summed E-state index contributed by atoms with van der Waals surface area (Å²) in [6.45, 7) is 0.729. The summed E-state index contributed by atoms with van der Waals surface area (Å²) >= 11 is 5.46. The molecule has 1 rings (SSSR count). The number of hydrogen-bond acceptors (Lipinski definition) is 4. The van der Waals surface area contributed by atoms with Gasteiger partial charge in [0, 0.05) is 17.3 Å². The Hall–Kier alpha value is -0.480. The van der Waals surface area contributed by atoms with E-state index < -0.39 is 27.9 Å². The first-order valence-corrected chi connectivity index (χ1v) is 8.52. The molecule has 10 heteroatoms. The average molecular weight is 364 g/mol. The van der Waals surface area contributed by atoms with Crippen LogP contribution >= 0.6 is 23.4 Å². The molecular formula is C11H13ClF3NO3S2. The number of halogens is 4. The molecule has 0 radical (unpaired) electrons. The molecular weight excluding hydrogens is 351 g/mol. The quantitative estimate of drug-likeness (QED) is 0.763. The van der Waals surface area contributed by atoms with Gasteiger partial charge in [-0.25, -0.2) is 13.1 Å². The van der Waals surface area contributed by atoms with Crippen molar-refractivity contribution in [2.24, 2.45) is 0 Å². The lowest BCUT2D eigenvalue weighted by atomic mass is 10.1. The van der Waals surface area contributed by atoms with Gasteiger partial charge in [0.25, 0.3) is 0 Å². The van der Waals surface area contributed by atoms with Gasteiger partial charge in [0.15, 0.2) is 0 Å². The Morgan fingerprint density at radius 1 is 1.38 bits per heavy atom. The Morgan fingerprint density at radius 2 is 2.00 bits per heavy atom. The molecule has 0 unspecified atom stereocenters. The van der Waals surface area contributed by atoms with Crippen LogP contribution in [0.4, 0.5) is 13.2 Å². The van der Waals surface area contributed by atoms with Crippen molar-refractivity contribution in [1.82, 2.24) is 4.72 Å². The van der Waals surface area contributed by atoms with Crippen LogP contribution < -0.4 is 4.72 Å². The topological polar surface area (TPSA) is 66.4 Å². The maximum absolute atomic E-state index is 12.1. The average Bonchev–Trinajstić information content (AvgIpc) is 2.36. The molecule has 0 amide bonds. The molecule has 21 heavy (non-hydrogen) atoms. The summed E-state index contributed by atoms with van der Waals surface area (Å²) in [6.07, 6.45) is 0. The third-order valence-corrected chi connectivity index (χ3v) is 5.09. The number of aliphatic hydroxyl groups excluding tert-OH is 1. The lowest BCUT2D eigenvalue weighted by molar-refractivity contribution is -0.0327. The van der Waals surface area contributed by atoms with Crippen molar-refractivity contribution in [1.29, 1.82) is 0 Å². The van der Waals surface area contributed by atoms with Gasteiger partial charge in [-0.2, -0.15) is 13.2 Å². The summed E-state index contributed by atoms with van der Waals surface area (Å²) in [7, 11) is -3.99. The van der Waals surface area contributed by atoms with Crippen molar-refractivity contribution in [3.63, 3.8) is 0 Å². The summed E-state index contributed by atoms with van der Waals surface area (Å²) in [4.78, 5) is -0.156. The molecule has 0 fully saturated rings. The Labute approximate surface area is 129 Å².